The Morgan fingerprint density at radius 2 is 1.78 bits per heavy atom. The van der Waals surface area contributed by atoms with Gasteiger partial charge in [0.25, 0.3) is 0 Å². The van der Waals surface area contributed by atoms with Crippen LogP contribution in [0.25, 0.3) is 10.8 Å². The van der Waals surface area contributed by atoms with E-state index in [1.165, 1.54) is 6.07 Å². The Labute approximate surface area is 158 Å². The predicted molar refractivity (Wildman–Crippen MR) is 106 cm³/mol. The van der Waals surface area contributed by atoms with Crippen LogP contribution in [-0.2, 0) is 14.8 Å². The third-order valence-corrected chi connectivity index (χ3v) is 6.61. The number of carbonyl (C=O) groups excluding carboxylic acids is 1. The molecule has 2 N–H and O–H groups in total. The summed E-state index contributed by atoms with van der Waals surface area (Å²) in [6, 6.07) is 18.1. The molecular formula is C21H20N2O3S. The van der Waals surface area contributed by atoms with Crippen molar-refractivity contribution in [2.45, 2.75) is 30.7 Å². The molecule has 27 heavy (non-hydrogen) atoms. The minimum absolute atomic E-state index is 0.114. The van der Waals surface area contributed by atoms with Crippen LogP contribution in [0.1, 0.15) is 36.9 Å². The summed E-state index contributed by atoms with van der Waals surface area (Å²) >= 11 is 0. The lowest BCUT2D eigenvalue weighted by atomic mass is 10.0. The molecule has 0 saturated heterocycles. The van der Waals surface area contributed by atoms with Crippen molar-refractivity contribution in [3.63, 3.8) is 0 Å². The van der Waals surface area contributed by atoms with Crippen molar-refractivity contribution in [2.75, 3.05) is 5.32 Å². The van der Waals surface area contributed by atoms with Gasteiger partial charge in [-0.25, -0.2) is 13.1 Å². The maximum absolute atomic E-state index is 12.9. The number of amides is 1. The smallest absolute Gasteiger partial charge is 0.241 e. The molecule has 5 nitrogen and oxygen atoms in total. The highest BCUT2D eigenvalue weighted by Gasteiger charge is 2.29. The fourth-order valence-corrected chi connectivity index (χ4v) is 4.81. The van der Waals surface area contributed by atoms with Crippen LogP contribution in [0.4, 0.5) is 5.69 Å². The van der Waals surface area contributed by atoms with Gasteiger partial charge in [0.2, 0.25) is 15.9 Å². The summed E-state index contributed by atoms with van der Waals surface area (Å²) < 4.78 is 28.6. The van der Waals surface area contributed by atoms with Gasteiger partial charge < -0.3 is 5.32 Å². The average Bonchev–Trinajstić information content (AvgIpc) is 2.94. The molecule has 6 heteroatoms. The molecule has 3 aromatic rings. The Hall–Kier alpha value is -2.70. The quantitative estimate of drug-likeness (QED) is 0.720. The standard InChI is InChI=1S/C21H20N2O3S/c1-13-19-12-16(10-11-20(19)22-21(13)24)27(25,26)23-14(2)17-9-5-7-15-6-3-4-8-18(15)17/h3-14,23H,1-2H3,(H,22,24)/t13-,14+/m0/s1. The summed E-state index contributed by atoms with van der Waals surface area (Å²) in [5.74, 6) is -0.470. The van der Waals surface area contributed by atoms with Crippen LogP contribution < -0.4 is 10.0 Å². The van der Waals surface area contributed by atoms with Crippen LogP contribution in [0.15, 0.2) is 65.6 Å². The van der Waals surface area contributed by atoms with E-state index in [1.54, 1.807) is 19.1 Å². The molecule has 0 radical (unpaired) electrons. The molecule has 1 aliphatic heterocycles. The zero-order chi connectivity index (χ0) is 19.2. The Morgan fingerprint density at radius 1 is 1.04 bits per heavy atom. The van der Waals surface area contributed by atoms with E-state index in [4.69, 9.17) is 0 Å². The first-order chi connectivity index (χ1) is 12.9. The molecule has 0 spiro atoms. The van der Waals surface area contributed by atoms with E-state index in [1.807, 2.05) is 49.4 Å². The number of carbonyl (C=O) groups is 1. The first-order valence-electron chi connectivity index (χ1n) is 8.81. The summed E-state index contributed by atoms with van der Waals surface area (Å²) in [5.41, 5.74) is 2.30. The van der Waals surface area contributed by atoms with Gasteiger partial charge in [-0.05, 0) is 53.9 Å². The number of hydrogen-bond acceptors (Lipinski definition) is 3. The van der Waals surface area contributed by atoms with Gasteiger partial charge in [0.15, 0.2) is 0 Å². The first-order valence-corrected chi connectivity index (χ1v) is 10.3. The van der Waals surface area contributed by atoms with Crippen molar-refractivity contribution in [1.29, 1.82) is 0 Å². The average molecular weight is 380 g/mol. The summed E-state index contributed by atoms with van der Waals surface area (Å²) in [7, 11) is -3.73. The van der Waals surface area contributed by atoms with Gasteiger partial charge in [0.1, 0.15) is 0 Å². The monoisotopic (exact) mass is 380 g/mol. The zero-order valence-electron chi connectivity index (χ0n) is 15.1. The molecule has 3 aromatic carbocycles. The van der Waals surface area contributed by atoms with E-state index < -0.39 is 16.1 Å². The molecule has 1 aliphatic rings. The summed E-state index contributed by atoms with van der Waals surface area (Å²) in [6.07, 6.45) is 0. The number of benzene rings is 3. The third-order valence-electron chi connectivity index (χ3n) is 5.07. The fourth-order valence-electron chi connectivity index (χ4n) is 3.55. The van der Waals surface area contributed by atoms with E-state index in [2.05, 4.69) is 10.0 Å². The van der Waals surface area contributed by atoms with Gasteiger partial charge in [-0.15, -0.1) is 0 Å². The molecule has 0 saturated carbocycles. The molecule has 2 atom stereocenters. The molecule has 0 fully saturated rings. The van der Waals surface area contributed by atoms with Crippen molar-refractivity contribution in [2.24, 2.45) is 0 Å². The lowest BCUT2D eigenvalue weighted by molar-refractivity contribution is -0.116. The number of anilines is 1. The predicted octanol–water partition coefficient (Wildman–Crippen LogP) is 3.93. The second-order valence-electron chi connectivity index (χ2n) is 6.87. The minimum atomic E-state index is -3.73. The largest absolute Gasteiger partial charge is 0.325 e. The number of rotatable bonds is 4. The van der Waals surface area contributed by atoms with Crippen LogP contribution >= 0.6 is 0 Å². The van der Waals surface area contributed by atoms with Crippen LogP contribution in [0.2, 0.25) is 0 Å². The number of nitrogens with one attached hydrogen (secondary N) is 2. The van der Waals surface area contributed by atoms with E-state index in [-0.39, 0.29) is 16.7 Å². The van der Waals surface area contributed by atoms with Crippen LogP contribution in [-0.4, -0.2) is 14.3 Å². The summed E-state index contributed by atoms with van der Waals surface area (Å²) in [5, 5.41) is 4.85. The molecule has 0 unspecified atom stereocenters. The van der Waals surface area contributed by atoms with Gasteiger partial charge in [-0.3, -0.25) is 4.79 Å². The number of fused-ring (bicyclic) bond motifs is 2. The second-order valence-corrected chi connectivity index (χ2v) is 8.59. The molecule has 138 valence electrons. The topological polar surface area (TPSA) is 75.3 Å². The lowest BCUT2D eigenvalue weighted by Gasteiger charge is -2.17. The van der Waals surface area contributed by atoms with Gasteiger partial charge in [0, 0.05) is 11.7 Å². The van der Waals surface area contributed by atoms with Gasteiger partial charge in [-0.2, -0.15) is 0 Å². The van der Waals surface area contributed by atoms with E-state index in [0.29, 0.717) is 11.3 Å². The maximum Gasteiger partial charge on any atom is 0.241 e. The lowest BCUT2D eigenvalue weighted by Crippen LogP contribution is -2.27. The Bertz CT molecular complexity index is 1150. The van der Waals surface area contributed by atoms with E-state index in [0.717, 1.165) is 16.3 Å². The molecule has 1 amide bonds. The Morgan fingerprint density at radius 3 is 2.59 bits per heavy atom. The van der Waals surface area contributed by atoms with Crippen molar-refractivity contribution < 1.29 is 13.2 Å². The zero-order valence-corrected chi connectivity index (χ0v) is 15.9. The molecule has 0 bridgehead atoms. The van der Waals surface area contributed by atoms with Crippen molar-refractivity contribution in [1.82, 2.24) is 4.72 Å². The van der Waals surface area contributed by atoms with Gasteiger partial charge in [-0.1, -0.05) is 42.5 Å². The Kier molecular flexibility index (Phi) is 4.25. The SMILES string of the molecule is C[C@@H]1C(=O)Nc2ccc(S(=O)(=O)N[C@H](C)c3cccc4ccccc34)cc21. The van der Waals surface area contributed by atoms with Crippen LogP contribution in [0.5, 0.6) is 0 Å². The molecule has 0 aliphatic carbocycles. The van der Waals surface area contributed by atoms with E-state index in [9.17, 15) is 13.2 Å². The molecule has 1 heterocycles. The molecular weight excluding hydrogens is 360 g/mol. The molecule has 4 rings (SSSR count). The highest BCUT2D eigenvalue weighted by atomic mass is 32.2. The van der Waals surface area contributed by atoms with Crippen LogP contribution in [0, 0.1) is 0 Å². The van der Waals surface area contributed by atoms with Gasteiger partial charge >= 0.3 is 0 Å². The maximum atomic E-state index is 12.9. The van der Waals surface area contributed by atoms with Gasteiger partial charge in [0.05, 0.1) is 10.8 Å². The highest BCUT2D eigenvalue weighted by Crippen LogP contribution is 2.34. The number of hydrogen-bond donors (Lipinski definition) is 2. The van der Waals surface area contributed by atoms with Crippen LogP contribution in [0.3, 0.4) is 0 Å². The normalized spacial score (nSPS) is 17.6. The summed E-state index contributed by atoms with van der Waals surface area (Å²) in [4.78, 5) is 12.0. The Balaban J connectivity index is 1.67. The number of sulfonamides is 1. The second kappa shape index (κ2) is 6.48. The highest BCUT2D eigenvalue weighted by molar-refractivity contribution is 7.89. The third kappa shape index (κ3) is 3.11. The summed E-state index contributed by atoms with van der Waals surface area (Å²) in [6.45, 7) is 3.60. The first kappa shape index (κ1) is 17.7. The minimum Gasteiger partial charge on any atom is -0.325 e. The fraction of sp³-hybridized carbons (Fsp3) is 0.190. The van der Waals surface area contributed by atoms with Crippen molar-refractivity contribution >= 4 is 32.4 Å². The molecule has 0 aromatic heterocycles. The van der Waals surface area contributed by atoms with Crippen molar-refractivity contribution in [3.05, 3.63) is 71.8 Å². The van der Waals surface area contributed by atoms with Crippen molar-refractivity contribution in [3.8, 4) is 0 Å². The van der Waals surface area contributed by atoms with E-state index >= 15 is 0 Å².